The third-order valence-electron chi connectivity index (χ3n) is 2.88. The van der Waals surface area contributed by atoms with Gasteiger partial charge in [-0.15, -0.1) is 8.67 Å². The highest BCUT2D eigenvalue weighted by atomic mass is 32.2. The van der Waals surface area contributed by atoms with Gasteiger partial charge in [-0.05, 0) is 41.5 Å². The van der Waals surface area contributed by atoms with E-state index in [4.69, 9.17) is 18.9 Å². The molecule has 28 heavy (non-hydrogen) atoms. The van der Waals surface area contributed by atoms with Crippen molar-refractivity contribution >= 4 is 20.2 Å². The molecule has 14 heteroatoms. The van der Waals surface area contributed by atoms with E-state index < -0.39 is 30.5 Å². The van der Waals surface area contributed by atoms with Crippen LogP contribution in [0.3, 0.4) is 0 Å². The Hall–Kier alpha value is -0.420. The SMILES string of the molecule is CCOOS(=O)(=O)C(OCC)(OCC)C(OCC)(OCC)S(=O)(=O)OOCC. The molecule has 0 saturated heterocycles. The van der Waals surface area contributed by atoms with Crippen LogP contribution in [0.4, 0.5) is 0 Å². The van der Waals surface area contributed by atoms with Crippen molar-refractivity contribution in [3.63, 3.8) is 0 Å². The molecule has 0 unspecified atom stereocenters. The van der Waals surface area contributed by atoms with Gasteiger partial charge in [0.25, 0.3) is 0 Å². The van der Waals surface area contributed by atoms with Gasteiger partial charge in [0.2, 0.25) is 0 Å². The molecule has 170 valence electrons. The molecule has 0 amide bonds. The summed E-state index contributed by atoms with van der Waals surface area (Å²) in [5.74, 6) is 0. The van der Waals surface area contributed by atoms with Gasteiger partial charge in [-0.3, -0.25) is 0 Å². The molecule has 0 aromatic carbocycles. The van der Waals surface area contributed by atoms with Crippen molar-refractivity contribution in [2.24, 2.45) is 0 Å². The van der Waals surface area contributed by atoms with Gasteiger partial charge in [0, 0.05) is 26.4 Å². The molecule has 0 radical (unpaired) electrons. The van der Waals surface area contributed by atoms with Crippen LogP contribution in [0.2, 0.25) is 0 Å². The average Bonchev–Trinajstić information content (AvgIpc) is 2.64. The first-order valence-corrected chi connectivity index (χ1v) is 11.6. The Morgan fingerprint density at radius 3 is 0.929 bits per heavy atom. The van der Waals surface area contributed by atoms with Crippen LogP contribution in [0.5, 0.6) is 0 Å². The molecule has 0 aliphatic carbocycles. The van der Waals surface area contributed by atoms with Crippen LogP contribution in [0.25, 0.3) is 0 Å². The van der Waals surface area contributed by atoms with Crippen LogP contribution in [0.15, 0.2) is 0 Å². The summed E-state index contributed by atoms with van der Waals surface area (Å²) in [7, 11) is -10.2. The zero-order valence-corrected chi connectivity index (χ0v) is 18.6. The van der Waals surface area contributed by atoms with Gasteiger partial charge >= 0.3 is 30.5 Å². The lowest BCUT2D eigenvalue weighted by Crippen LogP contribution is -2.69. The maximum atomic E-state index is 13.0. The van der Waals surface area contributed by atoms with Crippen molar-refractivity contribution in [2.45, 2.75) is 51.8 Å². The largest absolute Gasteiger partial charge is 0.377 e. The third-order valence-corrected chi connectivity index (χ3v) is 5.89. The molecule has 0 heterocycles. The Balaban J connectivity index is 7.00. The summed E-state index contributed by atoms with van der Waals surface area (Å²) in [4.78, 5) is 9.03. The molecule has 0 spiro atoms. The average molecular weight is 455 g/mol. The fourth-order valence-electron chi connectivity index (χ4n) is 2.10. The van der Waals surface area contributed by atoms with Crippen molar-refractivity contribution in [1.82, 2.24) is 0 Å². The molecule has 0 N–H and O–H groups in total. The van der Waals surface area contributed by atoms with E-state index in [9.17, 15) is 16.8 Å². The molecule has 0 aliphatic rings. The van der Waals surface area contributed by atoms with Crippen LogP contribution in [-0.2, 0) is 57.6 Å². The standard InChI is InChI=1S/C14H30O12S2/c1-7-19-13(20-8-2,27(15,16)25-23-11-5)14(21-9-3,22-10-4)28(17,18)26-24-12-6/h7-12H2,1-6H3. The van der Waals surface area contributed by atoms with E-state index in [1.54, 1.807) is 0 Å². The molecule has 0 bridgehead atoms. The summed E-state index contributed by atoms with van der Waals surface area (Å²) in [6, 6.07) is 0. The summed E-state index contributed by atoms with van der Waals surface area (Å²) in [6.45, 7) is 6.84. The van der Waals surface area contributed by atoms with Gasteiger partial charge < -0.3 is 18.9 Å². The fourth-order valence-corrected chi connectivity index (χ4v) is 5.24. The highest BCUT2D eigenvalue weighted by Crippen LogP contribution is 2.43. The molecule has 0 aliphatic heterocycles. The van der Waals surface area contributed by atoms with Crippen molar-refractivity contribution in [3.8, 4) is 0 Å². The third kappa shape index (κ3) is 5.59. The number of rotatable bonds is 17. The Morgan fingerprint density at radius 2 is 0.750 bits per heavy atom. The van der Waals surface area contributed by atoms with E-state index in [1.807, 2.05) is 0 Å². The molecular weight excluding hydrogens is 424 g/mol. The summed E-state index contributed by atoms with van der Waals surface area (Å²) < 4.78 is 82.0. The minimum absolute atomic E-state index is 0.175. The zero-order valence-electron chi connectivity index (χ0n) is 17.0. The predicted molar refractivity (Wildman–Crippen MR) is 95.2 cm³/mol. The Labute approximate surface area is 166 Å². The van der Waals surface area contributed by atoms with Crippen molar-refractivity contribution in [2.75, 3.05) is 39.6 Å². The Bertz CT molecular complexity index is 563. The highest BCUT2D eigenvalue weighted by molar-refractivity contribution is 7.92. The van der Waals surface area contributed by atoms with Gasteiger partial charge in [0.1, 0.15) is 0 Å². The van der Waals surface area contributed by atoms with Gasteiger partial charge in [0.05, 0.1) is 13.2 Å². The van der Waals surface area contributed by atoms with E-state index >= 15 is 0 Å². The molecular formula is C14H30O12S2. The Morgan fingerprint density at radius 1 is 0.500 bits per heavy atom. The molecule has 0 rings (SSSR count). The van der Waals surface area contributed by atoms with E-state index in [0.29, 0.717) is 0 Å². The van der Waals surface area contributed by atoms with Crippen molar-refractivity contribution in [1.29, 1.82) is 0 Å². The van der Waals surface area contributed by atoms with Crippen molar-refractivity contribution in [3.05, 3.63) is 0 Å². The normalized spacial score (nSPS) is 13.8. The smallest absolute Gasteiger partial charge is 0.331 e. The van der Waals surface area contributed by atoms with Crippen LogP contribution in [0.1, 0.15) is 41.5 Å². The van der Waals surface area contributed by atoms with Crippen molar-refractivity contribution < 1.29 is 54.2 Å². The summed E-state index contributed by atoms with van der Waals surface area (Å²) >= 11 is 0. The molecule has 12 nitrogen and oxygen atoms in total. The van der Waals surface area contributed by atoms with Crippen LogP contribution in [0, 0.1) is 0 Å². The topological polar surface area (TPSA) is 142 Å². The van der Waals surface area contributed by atoms with E-state index in [-0.39, 0.29) is 39.6 Å². The first-order chi connectivity index (χ1) is 13.1. The number of hydrogen-bond donors (Lipinski definition) is 0. The number of hydrogen-bond acceptors (Lipinski definition) is 12. The van der Waals surface area contributed by atoms with Gasteiger partial charge in [-0.25, -0.2) is 9.78 Å². The summed E-state index contributed by atoms with van der Waals surface area (Å²) in [6.07, 6.45) is 0. The quantitative estimate of drug-likeness (QED) is 0.176. The van der Waals surface area contributed by atoms with E-state index in [0.717, 1.165) is 0 Å². The lowest BCUT2D eigenvalue weighted by molar-refractivity contribution is -0.347. The minimum Gasteiger partial charge on any atom is -0.331 e. The van der Waals surface area contributed by atoms with E-state index in [1.165, 1.54) is 41.5 Å². The second-order valence-electron chi connectivity index (χ2n) is 4.70. The number of ether oxygens (including phenoxy) is 4. The fraction of sp³-hybridized carbons (Fsp3) is 1.00. The predicted octanol–water partition coefficient (Wildman–Crippen LogP) is 1.04. The lowest BCUT2D eigenvalue weighted by atomic mass is 10.5. The van der Waals surface area contributed by atoms with Crippen LogP contribution >= 0.6 is 0 Å². The summed E-state index contributed by atoms with van der Waals surface area (Å²) in [5.41, 5.74) is 0. The first-order valence-electron chi connectivity index (χ1n) is 8.78. The van der Waals surface area contributed by atoms with Crippen LogP contribution < -0.4 is 0 Å². The zero-order chi connectivity index (χ0) is 21.9. The van der Waals surface area contributed by atoms with Gasteiger partial charge in [0.15, 0.2) is 0 Å². The summed E-state index contributed by atoms with van der Waals surface area (Å²) in [5, 5.41) is -6.33. The molecule has 0 saturated carbocycles. The molecule has 0 aromatic heterocycles. The minimum atomic E-state index is -5.11. The highest BCUT2D eigenvalue weighted by Gasteiger charge is 2.75. The van der Waals surface area contributed by atoms with Gasteiger partial charge in [-0.1, -0.05) is 0 Å². The maximum Gasteiger partial charge on any atom is 0.377 e. The second-order valence-corrected chi connectivity index (χ2v) is 7.87. The van der Waals surface area contributed by atoms with Gasteiger partial charge in [-0.2, -0.15) is 16.8 Å². The monoisotopic (exact) mass is 454 g/mol. The molecule has 0 fully saturated rings. The maximum absolute atomic E-state index is 13.0. The van der Waals surface area contributed by atoms with Crippen LogP contribution in [-0.4, -0.2) is 66.7 Å². The molecule has 0 aromatic rings. The second kappa shape index (κ2) is 12.3. The van der Waals surface area contributed by atoms with E-state index in [2.05, 4.69) is 18.4 Å². The first kappa shape index (κ1) is 27.6. The Kier molecular flexibility index (Phi) is 12.1. The lowest BCUT2D eigenvalue weighted by Gasteiger charge is -2.43. The molecule has 0 atom stereocenters.